The fourth-order valence-electron chi connectivity index (χ4n) is 4.24. The van der Waals surface area contributed by atoms with Gasteiger partial charge in [0.25, 0.3) is 0 Å². The number of benzene rings is 1. The van der Waals surface area contributed by atoms with Gasteiger partial charge in [-0.25, -0.2) is 0 Å². The minimum atomic E-state index is -0.394. The molecule has 0 radical (unpaired) electrons. The summed E-state index contributed by atoms with van der Waals surface area (Å²) in [6, 6.07) is 7.34. The maximum atomic E-state index is 13.0. The van der Waals surface area contributed by atoms with Gasteiger partial charge in [0.05, 0.1) is 33.0 Å². The quantitative estimate of drug-likeness (QED) is 0.743. The summed E-state index contributed by atoms with van der Waals surface area (Å²) in [6.45, 7) is 6.27. The molecule has 0 unspecified atom stereocenters. The Hall–Kier alpha value is -2.00. The Kier molecular flexibility index (Phi) is 6.44. The smallest absolute Gasteiger partial charge is 0.244 e. The molecule has 8 nitrogen and oxygen atoms in total. The van der Waals surface area contributed by atoms with Crippen molar-refractivity contribution in [2.45, 2.75) is 24.8 Å². The van der Waals surface area contributed by atoms with Gasteiger partial charge in [-0.05, 0) is 43.5 Å². The van der Waals surface area contributed by atoms with Crippen LogP contribution < -0.4 is 10.6 Å². The van der Waals surface area contributed by atoms with Gasteiger partial charge in [0.15, 0.2) is 0 Å². The molecule has 1 saturated carbocycles. The summed E-state index contributed by atoms with van der Waals surface area (Å²) in [5, 5.41) is 5.99. The van der Waals surface area contributed by atoms with Gasteiger partial charge in [0.1, 0.15) is 5.54 Å². The van der Waals surface area contributed by atoms with Gasteiger partial charge in [0.2, 0.25) is 11.8 Å². The molecule has 158 valence electrons. The fraction of sp³-hybridized carbons (Fsp3) is 0.619. The number of anilines is 2. The minimum absolute atomic E-state index is 0.0376. The van der Waals surface area contributed by atoms with Gasteiger partial charge in [-0.15, -0.1) is 0 Å². The second kappa shape index (κ2) is 9.21. The van der Waals surface area contributed by atoms with Gasteiger partial charge >= 0.3 is 0 Å². The first-order valence-electron chi connectivity index (χ1n) is 10.5. The molecule has 0 aromatic heterocycles. The normalized spacial score (nSPS) is 22.5. The number of amides is 2. The van der Waals surface area contributed by atoms with Crippen LogP contribution in [0.25, 0.3) is 0 Å². The number of nitrogens with zero attached hydrogens (tertiary/aromatic N) is 2. The second-order valence-electron chi connectivity index (χ2n) is 7.95. The molecule has 1 aromatic rings. The molecule has 1 aromatic carbocycles. The van der Waals surface area contributed by atoms with Crippen LogP contribution in [0.4, 0.5) is 11.4 Å². The maximum absolute atomic E-state index is 13.0. The zero-order valence-electron chi connectivity index (χ0n) is 16.8. The van der Waals surface area contributed by atoms with Gasteiger partial charge in [0, 0.05) is 37.6 Å². The Balaban J connectivity index is 1.30. The van der Waals surface area contributed by atoms with E-state index in [1.54, 1.807) is 0 Å². The highest BCUT2D eigenvalue weighted by molar-refractivity contribution is 5.99. The van der Waals surface area contributed by atoms with Crippen LogP contribution in [0.15, 0.2) is 24.3 Å². The van der Waals surface area contributed by atoms with Crippen LogP contribution in [0, 0.1) is 0 Å². The van der Waals surface area contributed by atoms with Crippen molar-refractivity contribution in [3.8, 4) is 0 Å². The van der Waals surface area contributed by atoms with Crippen molar-refractivity contribution in [1.82, 2.24) is 9.80 Å². The van der Waals surface area contributed by atoms with E-state index in [2.05, 4.69) is 20.4 Å². The highest BCUT2D eigenvalue weighted by Crippen LogP contribution is 2.39. The molecule has 2 N–H and O–H groups in total. The molecular formula is C21H30N4O4. The van der Waals surface area contributed by atoms with E-state index in [1.807, 2.05) is 24.3 Å². The van der Waals surface area contributed by atoms with Gasteiger partial charge in [-0.3, -0.25) is 19.4 Å². The number of hydrogen-bond donors (Lipinski definition) is 2. The van der Waals surface area contributed by atoms with Gasteiger partial charge in [-0.2, -0.15) is 0 Å². The Bertz CT molecular complexity index is 708. The molecule has 2 saturated heterocycles. The molecule has 2 heterocycles. The van der Waals surface area contributed by atoms with Crippen LogP contribution in [-0.2, 0) is 19.1 Å². The maximum Gasteiger partial charge on any atom is 0.244 e. The van der Waals surface area contributed by atoms with Crippen molar-refractivity contribution in [2.75, 3.05) is 69.8 Å². The Morgan fingerprint density at radius 2 is 1.41 bits per heavy atom. The molecule has 0 atom stereocenters. The number of carbonyl (C=O) groups is 2. The van der Waals surface area contributed by atoms with Crippen LogP contribution in [0.5, 0.6) is 0 Å². The molecule has 3 aliphatic rings. The monoisotopic (exact) mass is 402 g/mol. The Morgan fingerprint density at radius 3 is 1.97 bits per heavy atom. The third kappa shape index (κ3) is 4.78. The Labute approximate surface area is 171 Å². The standard InChI is InChI=1S/C21H30N4O4/c26-19(16-24-8-12-28-13-9-24)22-17-2-4-18(5-3-17)23-20(27)21(6-1-7-21)25-10-14-29-15-11-25/h2-5H,1,6-16H2,(H,22,26)(H,23,27). The highest BCUT2D eigenvalue weighted by atomic mass is 16.5. The van der Waals surface area contributed by atoms with Gasteiger partial charge in [-0.1, -0.05) is 0 Å². The van der Waals surface area contributed by atoms with Crippen LogP contribution in [0.1, 0.15) is 19.3 Å². The van der Waals surface area contributed by atoms with Crippen molar-refractivity contribution in [2.24, 2.45) is 0 Å². The lowest BCUT2D eigenvalue weighted by Gasteiger charge is -2.49. The molecule has 2 amide bonds. The molecular weight excluding hydrogens is 372 g/mol. The van der Waals surface area contributed by atoms with Crippen molar-refractivity contribution >= 4 is 23.2 Å². The van der Waals surface area contributed by atoms with E-state index in [-0.39, 0.29) is 11.8 Å². The van der Waals surface area contributed by atoms with Crippen molar-refractivity contribution in [3.05, 3.63) is 24.3 Å². The number of rotatable bonds is 6. The summed E-state index contributed by atoms with van der Waals surface area (Å²) < 4.78 is 10.7. The Morgan fingerprint density at radius 1 is 0.862 bits per heavy atom. The van der Waals surface area contributed by atoms with E-state index in [9.17, 15) is 9.59 Å². The largest absolute Gasteiger partial charge is 0.379 e. The molecule has 8 heteroatoms. The van der Waals surface area contributed by atoms with Gasteiger partial charge < -0.3 is 20.1 Å². The van der Waals surface area contributed by atoms with Crippen LogP contribution in [0.2, 0.25) is 0 Å². The summed E-state index contributed by atoms with van der Waals surface area (Å²) in [5.74, 6) is 0.0270. The van der Waals surface area contributed by atoms with E-state index in [0.29, 0.717) is 33.0 Å². The molecule has 0 bridgehead atoms. The summed E-state index contributed by atoms with van der Waals surface area (Å²) in [7, 11) is 0. The van der Waals surface area contributed by atoms with Crippen LogP contribution in [-0.4, -0.2) is 86.3 Å². The van der Waals surface area contributed by atoms with Crippen molar-refractivity contribution in [3.63, 3.8) is 0 Å². The summed E-state index contributed by atoms with van der Waals surface area (Å²) in [5.41, 5.74) is 1.09. The van der Waals surface area contributed by atoms with Crippen molar-refractivity contribution < 1.29 is 19.1 Å². The predicted molar refractivity (Wildman–Crippen MR) is 110 cm³/mol. The first-order chi connectivity index (χ1) is 14.2. The van der Waals surface area contributed by atoms with Crippen molar-refractivity contribution in [1.29, 1.82) is 0 Å². The first-order valence-corrected chi connectivity index (χ1v) is 10.5. The average Bonchev–Trinajstić information content (AvgIpc) is 2.70. The van der Waals surface area contributed by atoms with E-state index in [1.165, 1.54) is 0 Å². The fourth-order valence-corrected chi connectivity index (χ4v) is 4.24. The lowest BCUT2D eigenvalue weighted by atomic mass is 9.74. The van der Waals surface area contributed by atoms with E-state index >= 15 is 0 Å². The molecule has 29 heavy (non-hydrogen) atoms. The highest BCUT2D eigenvalue weighted by Gasteiger charge is 2.49. The summed E-state index contributed by atoms with van der Waals surface area (Å²) in [6.07, 6.45) is 2.88. The molecule has 2 aliphatic heterocycles. The number of ether oxygens (including phenoxy) is 2. The third-order valence-electron chi connectivity index (χ3n) is 6.12. The van der Waals surface area contributed by atoms with E-state index < -0.39 is 5.54 Å². The van der Waals surface area contributed by atoms with E-state index in [0.717, 1.165) is 56.8 Å². The lowest BCUT2D eigenvalue weighted by Crippen LogP contribution is -2.63. The second-order valence-corrected chi connectivity index (χ2v) is 7.95. The number of hydrogen-bond acceptors (Lipinski definition) is 6. The number of nitrogens with one attached hydrogen (secondary N) is 2. The van der Waals surface area contributed by atoms with Crippen LogP contribution in [0.3, 0.4) is 0 Å². The zero-order valence-corrected chi connectivity index (χ0v) is 16.8. The SMILES string of the molecule is O=C(CN1CCOCC1)Nc1ccc(NC(=O)C2(N3CCOCC3)CCC2)cc1. The molecule has 4 rings (SSSR count). The number of carbonyl (C=O) groups excluding carboxylic acids is 2. The lowest BCUT2D eigenvalue weighted by molar-refractivity contribution is -0.139. The third-order valence-corrected chi connectivity index (χ3v) is 6.12. The topological polar surface area (TPSA) is 83.1 Å². The molecule has 3 fully saturated rings. The predicted octanol–water partition coefficient (Wildman–Crippen LogP) is 1.15. The average molecular weight is 402 g/mol. The van der Waals surface area contributed by atoms with Crippen LogP contribution >= 0.6 is 0 Å². The number of morpholine rings is 2. The zero-order chi connectivity index (χ0) is 20.1. The van der Waals surface area contributed by atoms with E-state index in [4.69, 9.17) is 9.47 Å². The first kappa shape index (κ1) is 20.3. The minimum Gasteiger partial charge on any atom is -0.379 e. The summed E-state index contributed by atoms with van der Waals surface area (Å²) in [4.78, 5) is 29.6. The summed E-state index contributed by atoms with van der Waals surface area (Å²) >= 11 is 0. The molecule has 1 aliphatic carbocycles. The molecule has 0 spiro atoms.